The maximum Gasteiger partial charge on any atom is 0.145 e. The fraction of sp³-hybridized carbons (Fsp3) is 0.318. The first-order valence-electron chi connectivity index (χ1n) is 8.47. The number of unbranched alkanes of at least 4 members (excludes halogenated alkanes) is 2. The molecular formula is C22H21F2N. The normalized spacial score (nSPS) is 10.1. The van der Waals surface area contributed by atoms with Gasteiger partial charge in [0.25, 0.3) is 0 Å². The van der Waals surface area contributed by atoms with E-state index in [1.54, 1.807) is 0 Å². The highest BCUT2D eigenvalue weighted by Gasteiger charge is 2.09. The van der Waals surface area contributed by atoms with E-state index in [4.69, 9.17) is 5.26 Å². The lowest BCUT2D eigenvalue weighted by atomic mass is 9.96. The summed E-state index contributed by atoms with van der Waals surface area (Å²) in [5.74, 6) is 4.06. The zero-order chi connectivity index (χ0) is 18.4. The van der Waals surface area contributed by atoms with E-state index < -0.39 is 17.2 Å². The van der Waals surface area contributed by atoms with Gasteiger partial charge in [0, 0.05) is 11.1 Å². The smallest absolute Gasteiger partial charge is 0.145 e. The van der Waals surface area contributed by atoms with Crippen LogP contribution in [0.25, 0.3) is 0 Å². The SMILES string of the molecule is CCCCCc1cc(C)c(C#Cc2cc(F)c(C#N)c(F)c2)c(C)c1. The van der Waals surface area contributed by atoms with E-state index in [-0.39, 0.29) is 5.56 Å². The lowest BCUT2D eigenvalue weighted by Crippen LogP contribution is -1.94. The minimum atomic E-state index is -0.883. The van der Waals surface area contributed by atoms with E-state index in [0.29, 0.717) is 0 Å². The molecule has 128 valence electrons. The summed E-state index contributed by atoms with van der Waals surface area (Å²) in [6, 6.07) is 7.97. The highest BCUT2D eigenvalue weighted by atomic mass is 19.1. The highest BCUT2D eigenvalue weighted by molar-refractivity contribution is 5.52. The Morgan fingerprint density at radius 2 is 1.48 bits per heavy atom. The van der Waals surface area contributed by atoms with Crippen molar-refractivity contribution in [1.29, 1.82) is 5.26 Å². The number of halogens is 2. The van der Waals surface area contributed by atoms with Gasteiger partial charge in [0.1, 0.15) is 23.3 Å². The van der Waals surface area contributed by atoms with Crippen LogP contribution in [0.3, 0.4) is 0 Å². The largest absolute Gasteiger partial charge is 0.205 e. The minimum absolute atomic E-state index is 0.222. The van der Waals surface area contributed by atoms with Crippen molar-refractivity contribution in [3.05, 3.63) is 69.3 Å². The van der Waals surface area contributed by atoms with E-state index >= 15 is 0 Å². The number of rotatable bonds is 4. The maximum absolute atomic E-state index is 13.7. The molecule has 0 heterocycles. The standard InChI is InChI=1S/C22H21F2N/c1-4-5-6-7-17-10-15(2)19(16(3)11-17)9-8-18-12-21(23)20(14-25)22(24)13-18/h10-13H,4-7H2,1-3H3. The van der Waals surface area contributed by atoms with Gasteiger partial charge in [0.15, 0.2) is 0 Å². The van der Waals surface area contributed by atoms with Crippen LogP contribution in [0.4, 0.5) is 8.78 Å². The third-order valence-electron chi connectivity index (χ3n) is 4.15. The second-order valence-electron chi connectivity index (χ2n) is 6.24. The fourth-order valence-corrected chi connectivity index (χ4v) is 2.86. The maximum atomic E-state index is 13.7. The molecular weight excluding hydrogens is 316 g/mol. The molecule has 3 heteroatoms. The molecule has 0 aliphatic rings. The second kappa shape index (κ2) is 8.45. The number of aryl methyl sites for hydroxylation is 3. The summed E-state index contributed by atoms with van der Waals surface area (Å²) in [6.45, 7) is 6.19. The molecule has 2 rings (SSSR count). The van der Waals surface area contributed by atoms with Crippen LogP contribution >= 0.6 is 0 Å². The molecule has 0 spiro atoms. The van der Waals surface area contributed by atoms with Crippen molar-refractivity contribution in [3.63, 3.8) is 0 Å². The van der Waals surface area contributed by atoms with E-state index in [2.05, 4.69) is 30.9 Å². The Hall–Kier alpha value is -2.65. The van der Waals surface area contributed by atoms with Crippen LogP contribution in [-0.2, 0) is 6.42 Å². The summed E-state index contributed by atoms with van der Waals surface area (Å²) < 4.78 is 27.3. The molecule has 0 saturated carbocycles. The van der Waals surface area contributed by atoms with E-state index in [1.165, 1.54) is 30.9 Å². The van der Waals surface area contributed by atoms with Crippen molar-refractivity contribution >= 4 is 0 Å². The van der Waals surface area contributed by atoms with E-state index in [1.807, 2.05) is 13.8 Å². The van der Waals surface area contributed by atoms with Gasteiger partial charge >= 0.3 is 0 Å². The summed E-state index contributed by atoms with van der Waals surface area (Å²) in [7, 11) is 0. The number of benzene rings is 2. The predicted octanol–water partition coefficient (Wildman–Crippen LogP) is 5.59. The van der Waals surface area contributed by atoms with Crippen molar-refractivity contribution in [1.82, 2.24) is 0 Å². The number of hydrogen-bond donors (Lipinski definition) is 0. The monoisotopic (exact) mass is 337 g/mol. The van der Waals surface area contributed by atoms with Gasteiger partial charge in [-0.25, -0.2) is 8.78 Å². The van der Waals surface area contributed by atoms with Crippen LogP contribution in [0.5, 0.6) is 0 Å². The summed E-state index contributed by atoms with van der Waals surface area (Å²) in [4.78, 5) is 0. The van der Waals surface area contributed by atoms with Gasteiger partial charge in [-0.1, -0.05) is 43.7 Å². The first kappa shape index (κ1) is 18.7. The molecule has 2 aromatic rings. The molecule has 0 unspecified atom stereocenters. The van der Waals surface area contributed by atoms with E-state index in [9.17, 15) is 8.78 Å². The van der Waals surface area contributed by atoms with Gasteiger partial charge < -0.3 is 0 Å². The molecule has 0 fully saturated rings. The average Bonchev–Trinajstić information content (AvgIpc) is 2.54. The predicted molar refractivity (Wildman–Crippen MR) is 96.2 cm³/mol. The molecule has 0 atom stereocenters. The zero-order valence-corrected chi connectivity index (χ0v) is 14.8. The Bertz CT molecular complexity index is 833. The van der Waals surface area contributed by atoms with Crippen LogP contribution in [0, 0.1) is 48.7 Å². The molecule has 1 nitrogen and oxygen atoms in total. The van der Waals surface area contributed by atoms with Crippen molar-refractivity contribution in [2.45, 2.75) is 46.5 Å². The summed E-state index contributed by atoms with van der Waals surface area (Å²) in [6.07, 6.45) is 4.63. The lowest BCUT2D eigenvalue weighted by Gasteiger charge is -2.08. The molecule has 0 aliphatic carbocycles. The van der Waals surface area contributed by atoms with Gasteiger partial charge in [-0.15, -0.1) is 0 Å². The molecule has 0 saturated heterocycles. The molecule has 0 bridgehead atoms. The highest BCUT2D eigenvalue weighted by Crippen LogP contribution is 2.19. The number of nitrogens with zero attached hydrogens (tertiary/aromatic N) is 1. The van der Waals surface area contributed by atoms with Crippen LogP contribution < -0.4 is 0 Å². The second-order valence-corrected chi connectivity index (χ2v) is 6.24. The summed E-state index contributed by atoms with van der Waals surface area (Å²) in [5.41, 5.74) is 3.95. The molecule has 0 aromatic heterocycles. The zero-order valence-electron chi connectivity index (χ0n) is 14.8. The molecule has 2 aromatic carbocycles. The van der Waals surface area contributed by atoms with Crippen LogP contribution in [0.1, 0.15) is 59.6 Å². The summed E-state index contributed by atoms with van der Waals surface area (Å²) in [5, 5.41) is 8.71. The van der Waals surface area contributed by atoms with Crippen molar-refractivity contribution < 1.29 is 8.78 Å². The Balaban J connectivity index is 2.30. The van der Waals surface area contributed by atoms with Crippen LogP contribution in [0.15, 0.2) is 24.3 Å². The number of hydrogen-bond acceptors (Lipinski definition) is 1. The molecule has 0 N–H and O–H groups in total. The Morgan fingerprint density at radius 3 is 2.00 bits per heavy atom. The first-order valence-corrected chi connectivity index (χ1v) is 8.47. The Morgan fingerprint density at radius 1 is 0.880 bits per heavy atom. The third-order valence-corrected chi connectivity index (χ3v) is 4.15. The minimum Gasteiger partial charge on any atom is -0.205 e. The van der Waals surface area contributed by atoms with Gasteiger partial charge in [0.05, 0.1) is 0 Å². The Kier molecular flexibility index (Phi) is 6.31. The van der Waals surface area contributed by atoms with Gasteiger partial charge in [-0.05, 0) is 55.5 Å². The molecule has 0 amide bonds. The first-order chi connectivity index (χ1) is 12.0. The quantitative estimate of drug-likeness (QED) is 0.527. The van der Waals surface area contributed by atoms with Gasteiger partial charge in [-0.2, -0.15) is 5.26 Å². The van der Waals surface area contributed by atoms with Gasteiger partial charge in [0.2, 0.25) is 0 Å². The molecule has 0 aliphatic heterocycles. The van der Waals surface area contributed by atoms with E-state index in [0.717, 1.165) is 35.2 Å². The van der Waals surface area contributed by atoms with Crippen molar-refractivity contribution in [2.75, 3.05) is 0 Å². The van der Waals surface area contributed by atoms with Crippen LogP contribution in [0.2, 0.25) is 0 Å². The topological polar surface area (TPSA) is 23.8 Å². The molecule has 25 heavy (non-hydrogen) atoms. The van der Waals surface area contributed by atoms with Crippen LogP contribution in [-0.4, -0.2) is 0 Å². The summed E-state index contributed by atoms with van der Waals surface area (Å²) >= 11 is 0. The number of nitriles is 1. The van der Waals surface area contributed by atoms with Crippen molar-refractivity contribution in [2.24, 2.45) is 0 Å². The lowest BCUT2D eigenvalue weighted by molar-refractivity contribution is 0.576. The fourth-order valence-electron chi connectivity index (χ4n) is 2.86. The third kappa shape index (κ3) is 4.68. The Labute approximate surface area is 148 Å². The van der Waals surface area contributed by atoms with Crippen molar-refractivity contribution in [3.8, 4) is 17.9 Å². The van der Waals surface area contributed by atoms with Gasteiger partial charge in [-0.3, -0.25) is 0 Å². The molecule has 0 radical (unpaired) electrons. The average molecular weight is 337 g/mol.